The standard InChI is InChI=1S/C22H31N3O3/c1-7-27-22(26)21-18(13-23(4)5)25(11-10-15(2)3)17-8-9-19-16(20(17)21)12-24(6)14-28-19/h8-11,15H,7,12-14H2,1-6H3/b11-10+. The number of fused-ring (bicyclic) bond motifs is 3. The van der Waals surface area contributed by atoms with Gasteiger partial charge in [0.1, 0.15) is 12.5 Å². The van der Waals surface area contributed by atoms with Crippen LogP contribution in [0.4, 0.5) is 0 Å². The summed E-state index contributed by atoms with van der Waals surface area (Å²) in [7, 11) is 6.03. The van der Waals surface area contributed by atoms with Crippen molar-refractivity contribution in [2.45, 2.75) is 33.9 Å². The van der Waals surface area contributed by atoms with Crippen LogP contribution in [0.25, 0.3) is 17.1 Å². The van der Waals surface area contributed by atoms with Crippen molar-refractivity contribution in [2.24, 2.45) is 5.92 Å². The molecule has 0 spiro atoms. The minimum Gasteiger partial charge on any atom is -0.478 e. The van der Waals surface area contributed by atoms with Gasteiger partial charge in [-0.05, 0) is 46.1 Å². The molecule has 0 bridgehead atoms. The van der Waals surface area contributed by atoms with E-state index in [0.29, 0.717) is 31.4 Å². The molecule has 3 rings (SSSR count). The van der Waals surface area contributed by atoms with Gasteiger partial charge in [-0.15, -0.1) is 0 Å². The number of aromatic nitrogens is 1. The molecular weight excluding hydrogens is 354 g/mol. The average molecular weight is 386 g/mol. The largest absolute Gasteiger partial charge is 0.478 e. The maximum Gasteiger partial charge on any atom is 0.340 e. The highest BCUT2D eigenvalue weighted by atomic mass is 16.5. The van der Waals surface area contributed by atoms with Crippen molar-refractivity contribution in [2.75, 3.05) is 34.5 Å². The van der Waals surface area contributed by atoms with Crippen LogP contribution in [0.1, 0.15) is 42.4 Å². The van der Waals surface area contributed by atoms with E-state index in [9.17, 15) is 4.79 Å². The Morgan fingerprint density at radius 3 is 2.75 bits per heavy atom. The topological polar surface area (TPSA) is 46.9 Å². The van der Waals surface area contributed by atoms with E-state index in [1.165, 1.54) is 0 Å². The fourth-order valence-electron chi connectivity index (χ4n) is 3.60. The summed E-state index contributed by atoms with van der Waals surface area (Å²) in [6.45, 7) is 8.39. The average Bonchev–Trinajstić information content (AvgIpc) is 2.93. The van der Waals surface area contributed by atoms with Crippen molar-refractivity contribution >= 4 is 23.1 Å². The van der Waals surface area contributed by atoms with Crippen LogP contribution in [-0.2, 0) is 17.8 Å². The molecule has 0 saturated heterocycles. The first kappa shape index (κ1) is 20.4. The molecule has 28 heavy (non-hydrogen) atoms. The van der Waals surface area contributed by atoms with Gasteiger partial charge < -0.3 is 18.9 Å². The van der Waals surface area contributed by atoms with Crippen LogP contribution < -0.4 is 4.74 Å². The predicted octanol–water partition coefficient (Wildman–Crippen LogP) is 3.79. The van der Waals surface area contributed by atoms with E-state index < -0.39 is 0 Å². The highest BCUT2D eigenvalue weighted by Crippen LogP contribution is 2.38. The summed E-state index contributed by atoms with van der Waals surface area (Å²) in [4.78, 5) is 17.2. The van der Waals surface area contributed by atoms with E-state index in [1.54, 1.807) is 0 Å². The van der Waals surface area contributed by atoms with Crippen molar-refractivity contribution in [3.63, 3.8) is 0 Å². The smallest absolute Gasteiger partial charge is 0.340 e. The SMILES string of the molecule is CCOC(=O)c1c(CN(C)C)n(/C=C/C(C)C)c2ccc3c(c12)CN(C)CO3. The number of benzene rings is 1. The van der Waals surface area contributed by atoms with Crippen LogP contribution in [-0.4, -0.2) is 54.8 Å². The highest BCUT2D eigenvalue weighted by molar-refractivity contribution is 6.08. The van der Waals surface area contributed by atoms with Gasteiger partial charge in [0.05, 0.1) is 23.4 Å². The number of hydrogen-bond acceptors (Lipinski definition) is 5. The minimum absolute atomic E-state index is 0.275. The van der Waals surface area contributed by atoms with Crippen molar-refractivity contribution in [3.05, 3.63) is 35.0 Å². The Morgan fingerprint density at radius 1 is 1.36 bits per heavy atom. The Hall–Kier alpha value is -2.31. The number of carbonyl (C=O) groups is 1. The predicted molar refractivity (Wildman–Crippen MR) is 112 cm³/mol. The van der Waals surface area contributed by atoms with Crippen LogP contribution in [0.3, 0.4) is 0 Å². The van der Waals surface area contributed by atoms with Crippen molar-refractivity contribution in [1.29, 1.82) is 0 Å². The summed E-state index contributed by atoms with van der Waals surface area (Å²) in [6, 6.07) is 4.06. The molecular formula is C22H31N3O3. The fraction of sp³-hybridized carbons (Fsp3) is 0.500. The number of nitrogens with zero attached hydrogens (tertiary/aromatic N) is 3. The van der Waals surface area contributed by atoms with Gasteiger partial charge in [0, 0.05) is 30.2 Å². The lowest BCUT2D eigenvalue weighted by Crippen LogP contribution is -2.28. The van der Waals surface area contributed by atoms with E-state index in [2.05, 4.69) is 40.5 Å². The molecule has 0 N–H and O–H groups in total. The number of hydrogen-bond donors (Lipinski definition) is 0. The lowest BCUT2D eigenvalue weighted by atomic mass is 10.0. The quantitative estimate of drug-likeness (QED) is 0.708. The minimum atomic E-state index is -0.275. The number of esters is 1. The van der Waals surface area contributed by atoms with Gasteiger partial charge in [-0.3, -0.25) is 4.90 Å². The first-order valence-corrected chi connectivity index (χ1v) is 9.83. The Balaban J connectivity index is 2.36. The van der Waals surface area contributed by atoms with Crippen LogP contribution in [0.2, 0.25) is 0 Å². The lowest BCUT2D eigenvalue weighted by molar-refractivity contribution is 0.0526. The molecule has 6 nitrogen and oxygen atoms in total. The zero-order chi connectivity index (χ0) is 20.4. The molecule has 2 heterocycles. The Bertz CT molecular complexity index is 896. The van der Waals surface area contributed by atoms with Crippen molar-refractivity contribution in [3.8, 4) is 5.75 Å². The van der Waals surface area contributed by atoms with Crippen LogP contribution in [0.5, 0.6) is 5.75 Å². The highest BCUT2D eigenvalue weighted by Gasteiger charge is 2.28. The third kappa shape index (κ3) is 3.93. The fourth-order valence-corrected chi connectivity index (χ4v) is 3.60. The molecule has 2 aromatic rings. The second-order valence-electron chi connectivity index (χ2n) is 7.96. The summed E-state index contributed by atoms with van der Waals surface area (Å²) in [5.74, 6) is 0.975. The Labute approximate surface area is 167 Å². The zero-order valence-electron chi connectivity index (χ0n) is 17.8. The molecule has 0 saturated carbocycles. The molecule has 6 heteroatoms. The summed E-state index contributed by atoms with van der Waals surface area (Å²) < 4.78 is 13.5. The van der Waals surface area contributed by atoms with Gasteiger partial charge >= 0.3 is 5.97 Å². The molecule has 152 valence electrons. The van der Waals surface area contributed by atoms with Crippen molar-refractivity contribution in [1.82, 2.24) is 14.4 Å². The zero-order valence-corrected chi connectivity index (χ0v) is 17.8. The van der Waals surface area contributed by atoms with E-state index in [1.807, 2.05) is 40.2 Å². The molecule has 1 aliphatic rings. The molecule has 0 unspecified atom stereocenters. The van der Waals surface area contributed by atoms with Gasteiger partial charge in [0.2, 0.25) is 0 Å². The Kier molecular flexibility index (Phi) is 6.10. The van der Waals surface area contributed by atoms with Crippen LogP contribution in [0.15, 0.2) is 18.2 Å². The first-order valence-electron chi connectivity index (χ1n) is 9.83. The maximum absolute atomic E-state index is 13.0. The van der Waals surface area contributed by atoms with Gasteiger partial charge in [-0.2, -0.15) is 0 Å². The van der Waals surface area contributed by atoms with Crippen LogP contribution >= 0.6 is 0 Å². The van der Waals surface area contributed by atoms with Crippen molar-refractivity contribution < 1.29 is 14.3 Å². The van der Waals surface area contributed by atoms with E-state index in [4.69, 9.17) is 9.47 Å². The van der Waals surface area contributed by atoms with Crippen LogP contribution in [0, 0.1) is 5.92 Å². The molecule has 0 fully saturated rings. The molecule has 0 radical (unpaired) electrons. The molecule has 0 aliphatic carbocycles. The lowest BCUT2D eigenvalue weighted by Gasteiger charge is -2.26. The number of ether oxygens (including phenoxy) is 2. The van der Waals surface area contributed by atoms with E-state index >= 15 is 0 Å². The summed E-state index contributed by atoms with van der Waals surface area (Å²) in [6.07, 6.45) is 4.23. The molecule has 1 aliphatic heterocycles. The normalized spacial score (nSPS) is 14.9. The monoisotopic (exact) mass is 385 g/mol. The number of rotatable bonds is 6. The van der Waals surface area contributed by atoms with Gasteiger partial charge in [0.25, 0.3) is 0 Å². The second-order valence-corrected chi connectivity index (χ2v) is 7.96. The second kappa shape index (κ2) is 8.37. The summed E-state index contributed by atoms with van der Waals surface area (Å²) in [5, 5.41) is 0.938. The maximum atomic E-state index is 13.0. The van der Waals surface area contributed by atoms with E-state index in [-0.39, 0.29) is 5.97 Å². The first-order chi connectivity index (χ1) is 13.3. The Morgan fingerprint density at radius 2 is 2.11 bits per heavy atom. The number of allylic oxidation sites excluding steroid dienone is 1. The molecule has 0 atom stereocenters. The number of carbonyl (C=O) groups excluding carboxylic acids is 1. The molecule has 0 amide bonds. The van der Waals surface area contributed by atoms with E-state index in [0.717, 1.165) is 34.5 Å². The molecule has 1 aromatic heterocycles. The van der Waals surface area contributed by atoms with Gasteiger partial charge in [-0.25, -0.2) is 4.79 Å². The van der Waals surface area contributed by atoms with Gasteiger partial charge in [-0.1, -0.05) is 19.9 Å². The summed E-state index contributed by atoms with van der Waals surface area (Å²) in [5.41, 5.74) is 3.65. The summed E-state index contributed by atoms with van der Waals surface area (Å²) >= 11 is 0. The third-order valence-electron chi connectivity index (χ3n) is 4.77. The third-order valence-corrected chi connectivity index (χ3v) is 4.77. The van der Waals surface area contributed by atoms with Gasteiger partial charge in [0.15, 0.2) is 0 Å². The molecule has 1 aromatic carbocycles.